The maximum atomic E-state index is 11.6. The van der Waals surface area contributed by atoms with Crippen LogP contribution in [0.4, 0.5) is 0 Å². The molecule has 1 saturated heterocycles. The molecule has 4 heteroatoms. The van der Waals surface area contributed by atoms with Crippen molar-refractivity contribution in [2.24, 2.45) is 11.3 Å². The third kappa shape index (κ3) is 2.94. The van der Waals surface area contributed by atoms with Gasteiger partial charge in [0.15, 0.2) is 0 Å². The van der Waals surface area contributed by atoms with Crippen molar-refractivity contribution in [2.75, 3.05) is 19.6 Å². The highest BCUT2D eigenvalue weighted by Gasteiger charge is 2.30. The van der Waals surface area contributed by atoms with Crippen LogP contribution >= 0.6 is 0 Å². The van der Waals surface area contributed by atoms with Crippen LogP contribution in [-0.2, 0) is 9.59 Å². The fraction of sp³-hybridized carbons (Fsp3) is 0.818. The van der Waals surface area contributed by atoms with Gasteiger partial charge in [0.1, 0.15) is 0 Å². The lowest BCUT2D eigenvalue weighted by molar-refractivity contribution is -0.142. The van der Waals surface area contributed by atoms with Crippen molar-refractivity contribution in [1.29, 1.82) is 0 Å². The van der Waals surface area contributed by atoms with Crippen LogP contribution in [0.3, 0.4) is 0 Å². The molecule has 0 radical (unpaired) electrons. The zero-order valence-corrected chi connectivity index (χ0v) is 9.96. The first-order valence-corrected chi connectivity index (χ1v) is 5.37. The van der Waals surface area contributed by atoms with Crippen molar-refractivity contribution in [3.63, 3.8) is 0 Å². The first-order chi connectivity index (χ1) is 6.83. The Labute approximate surface area is 91.0 Å². The second-order valence-corrected chi connectivity index (χ2v) is 5.17. The van der Waals surface area contributed by atoms with Gasteiger partial charge in [-0.1, -0.05) is 27.7 Å². The van der Waals surface area contributed by atoms with E-state index in [1.807, 2.05) is 0 Å². The SMILES string of the molecule is CC(C)C(C)(C)CN1CC(=O)NCC1=O. The summed E-state index contributed by atoms with van der Waals surface area (Å²) in [6.07, 6.45) is 0. The molecule has 1 rings (SSSR count). The van der Waals surface area contributed by atoms with E-state index >= 15 is 0 Å². The molecule has 0 bridgehead atoms. The molecule has 2 amide bonds. The fourth-order valence-corrected chi connectivity index (χ4v) is 1.42. The van der Waals surface area contributed by atoms with E-state index in [0.29, 0.717) is 12.5 Å². The van der Waals surface area contributed by atoms with Crippen LogP contribution in [0, 0.1) is 11.3 Å². The number of piperazine rings is 1. The Hall–Kier alpha value is -1.06. The zero-order valence-electron chi connectivity index (χ0n) is 9.96. The molecule has 86 valence electrons. The zero-order chi connectivity index (χ0) is 11.6. The minimum absolute atomic E-state index is 0.0170. The standard InChI is InChI=1S/C11H20N2O2/c1-8(2)11(3,4)7-13-6-9(14)12-5-10(13)15/h8H,5-7H2,1-4H3,(H,12,14). The topological polar surface area (TPSA) is 49.4 Å². The lowest BCUT2D eigenvalue weighted by atomic mass is 9.80. The summed E-state index contributed by atoms with van der Waals surface area (Å²) < 4.78 is 0. The number of carbonyl (C=O) groups is 2. The van der Waals surface area contributed by atoms with Gasteiger partial charge in [-0.25, -0.2) is 0 Å². The molecular formula is C11H20N2O2. The summed E-state index contributed by atoms with van der Waals surface area (Å²) in [5, 5.41) is 2.55. The van der Waals surface area contributed by atoms with Gasteiger partial charge < -0.3 is 10.2 Å². The van der Waals surface area contributed by atoms with Crippen LogP contribution in [0.5, 0.6) is 0 Å². The number of hydrogen-bond donors (Lipinski definition) is 1. The summed E-state index contributed by atoms with van der Waals surface area (Å²) in [5.41, 5.74) is 0.0489. The molecule has 0 aromatic heterocycles. The summed E-state index contributed by atoms with van der Waals surface area (Å²) in [4.78, 5) is 24.4. The molecule has 0 atom stereocenters. The number of nitrogens with one attached hydrogen (secondary N) is 1. The summed E-state index contributed by atoms with van der Waals surface area (Å²) in [6.45, 7) is 9.51. The fourth-order valence-electron chi connectivity index (χ4n) is 1.42. The highest BCUT2D eigenvalue weighted by Crippen LogP contribution is 2.27. The van der Waals surface area contributed by atoms with Crippen LogP contribution in [0.2, 0.25) is 0 Å². The van der Waals surface area contributed by atoms with E-state index in [1.54, 1.807) is 4.90 Å². The molecule has 15 heavy (non-hydrogen) atoms. The molecule has 0 aromatic carbocycles. The summed E-state index contributed by atoms with van der Waals surface area (Å²) >= 11 is 0. The normalized spacial score (nSPS) is 18.3. The summed E-state index contributed by atoms with van der Waals surface area (Å²) in [7, 11) is 0. The maximum absolute atomic E-state index is 11.6. The Balaban J connectivity index is 2.63. The highest BCUT2D eigenvalue weighted by atomic mass is 16.2. The van der Waals surface area contributed by atoms with E-state index in [9.17, 15) is 9.59 Å². The largest absolute Gasteiger partial charge is 0.345 e. The Morgan fingerprint density at radius 3 is 2.53 bits per heavy atom. The van der Waals surface area contributed by atoms with E-state index in [-0.39, 0.29) is 30.3 Å². The molecule has 0 saturated carbocycles. The minimum atomic E-state index is -0.0610. The van der Waals surface area contributed by atoms with Crippen LogP contribution in [0.15, 0.2) is 0 Å². The van der Waals surface area contributed by atoms with E-state index in [4.69, 9.17) is 0 Å². The van der Waals surface area contributed by atoms with Gasteiger partial charge in [-0.3, -0.25) is 9.59 Å². The minimum Gasteiger partial charge on any atom is -0.345 e. The highest BCUT2D eigenvalue weighted by molar-refractivity contribution is 5.92. The first-order valence-electron chi connectivity index (χ1n) is 5.37. The van der Waals surface area contributed by atoms with Crippen molar-refractivity contribution in [2.45, 2.75) is 27.7 Å². The van der Waals surface area contributed by atoms with E-state index in [2.05, 4.69) is 33.0 Å². The lowest BCUT2D eigenvalue weighted by Crippen LogP contribution is -2.54. The molecule has 1 N–H and O–H groups in total. The predicted molar refractivity (Wildman–Crippen MR) is 58.2 cm³/mol. The molecule has 1 heterocycles. The van der Waals surface area contributed by atoms with Gasteiger partial charge in [0.25, 0.3) is 0 Å². The number of rotatable bonds is 3. The molecule has 1 aliphatic rings. The average molecular weight is 212 g/mol. The Kier molecular flexibility index (Phi) is 3.37. The van der Waals surface area contributed by atoms with Crippen LogP contribution < -0.4 is 5.32 Å². The molecule has 1 aliphatic heterocycles. The van der Waals surface area contributed by atoms with Gasteiger partial charge >= 0.3 is 0 Å². The predicted octanol–water partition coefficient (Wildman–Crippen LogP) is 0.627. The van der Waals surface area contributed by atoms with Crippen molar-refractivity contribution in [3.8, 4) is 0 Å². The molecule has 1 fully saturated rings. The van der Waals surface area contributed by atoms with Gasteiger partial charge in [0, 0.05) is 6.54 Å². The Bertz CT molecular complexity index is 272. The van der Waals surface area contributed by atoms with E-state index < -0.39 is 0 Å². The van der Waals surface area contributed by atoms with Crippen molar-refractivity contribution >= 4 is 11.8 Å². The van der Waals surface area contributed by atoms with E-state index in [1.165, 1.54) is 0 Å². The van der Waals surface area contributed by atoms with Gasteiger partial charge in [-0.05, 0) is 11.3 Å². The van der Waals surface area contributed by atoms with Gasteiger partial charge in [-0.2, -0.15) is 0 Å². The monoisotopic (exact) mass is 212 g/mol. The second-order valence-electron chi connectivity index (χ2n) is 5.17. The molecule has 0 unspecified atom stereocenters. The smallest absolute Gasteiger partial charge is 0.242 e. The third-order valence-corrected chi connectivity index (χ3v) is 3.29. The van der Waals surface area contributed by atoms with Crippen molar-refractivity contribution < 1.29 is 9.59 Å². The molecule has 0 aromatic rings. The number of carbonyl (C=O) groups excluding carboxylic acids is 2. The Morgan fingerprint density at radius 1 is 1.40 bits per heavy atom. The number of hydrogen-bond acceptors (Lipinski definition) is 2. The molecule has 0 aliphatic carbocycles. The van der Waals surface area contributed by atoms with Crippen LogP contribution in [0.1, 0.15) is 27.7 Å². The third-order valence-electron chi connectivity index (χ3n) is 3.29. The van der Waals surface area contributed by atoms with Gasteiger partial charge in [0.05, 0.1) is 13.1 Å². The average Bonchev–Trinajstić information content (AvgIpc) is 2.10. The molecule has 0 spiro atoms. The quantitative estimate of drug-likeness (QED) is 0.746. The van der Waals surface area contributed by atoms with Crippen LogP contribution in [-0.4, -0.2) is 36.3 Å². The van der Waals surface area contributed by atoms with Gasteiger partial charge in [-0.15, -0.1) is 0 Å². The molecule has 4 nitrogen and oxygen atoms in total. The molecular weight excluding hydrogens is 192 g/mol. The summed E-state index contributed by atoms with van der Waals surface area (Å²) in [5.74, 6) is 0.438. The number of amides is 2. The maximum Gasteiger partial charge on any atom is 0.242 e. The van der Waals surface area contributed by atoms with Crippen molar-refractivity contribution in [1.82, 2.24) is 10.2 Å². The van der Waals surface area contributed by atoms with E-state index in [0.717, 1.165) is 0 Å². The second kappa shape index (κ2) is 4.21. The first kappa shape index (κ1) is 12.0. The lowest BCUT2D eigenvalue weighted by Gasteiger charge is -2.37. The number of nitrogens with zero attached hydrogens (tertiary/aromatic N) is 1. The van der Waals surface area contributed by atoms with Gasteiger partial charge in [0.2, 0.25) is 11.8 Å². The van der Waals surface area contributed by atoms with Crippen LogP contribution in [0.25, 0.3) is 0 Å². The summed E-state index contributed by atoms with van der Waals surface area (Å²) in [6, 6.07) is 0. The Morgan fingerprint density at radius 2 is 2.00 bits per heavy atom. The van der Waals surface area contributed by atoms with Crippen molar-refractivity contribution in [3.05, 3.63) is 0 Å².